The number of thioether (sulfide) groups is 1. The van der Waals surface area contributed by atoms with Crippen LogP contribution in [0.2, 0.25) is 0 Å². The highest BCUT2D eigenvalue weighted by Gasteiger charge is 2.08. The van der Waals surface area contributed by atoms with Crippen molar-refractivity contribution in [2.24, 2.45) is 0 Å². The number of hydrogen-bond acceptors (Lipinski definition) is 3. The van der Waals surface area contributed by atoms with Crippen LogP contribution < -0.4 is 5.73 Å². The number of aryl methyl sites for hydroxylation is 1. The molecule has 0 spiro atoms. The summed E-state index contributed by atoms with van der Waals surface area (Å²) >= 11 is 1.70. The smallest absolute Gasteiger partial charge is 0.303 e. The third kappa shape index (κ3) is 4.14. The van der Waals surface area contributed by atoms with Crippen molar-refractivity contribution >= 4 is 23.4 Å². The van der Waals surface area contributed by atoms with Crippen molar-refractivity contribution in [1.29, 1.82) is 0 Å². The van der Waals surface area contributed by atoms with Gasteiger partial charge in [-0.1, -0.05) is 6.92 Å². The Morgan fingerprint density at radius 2 is 2.25 bits per heavy atom. The van der Waals surface area contributed by atoms with Gasteiger partial charge in [-0.3, -0.25) is 4.79 Å². The molecule has 1 aromatic carbocycles. The summed E-state index contributed by atoms with van der Waals surface area (Å²) in [6.07, 6.45) is 0.909. The lowest BCUT2D eigenvalue weighted by Gasteiger charge is -2.12. The minimum Gasteiger partial charge on any atom is -0.481 e. The number of nitrogens with two attached hydrogens (primary N) is 1. The normalized spacial score (nSPS) is 12.4. The van der Waals surface area contributed by atoms with E-state index in [1.165, 1.54) is 4.90 Å². The van der Waals surface area contributed by atoms with Crippen LogP contribution in [0.3, 0.4) is 0 Å². The van der Waals surface area contributed by atoms with Crippen LogP contribution in [0, 0.1) is 6.92 Å². The highest BCUT2D eigenvalue weighted by molar-refractivity contribution is 8.00. The van der Waals surface area contributed by atoms with Crippen LogP contribution in [0.25, 0.3) is 0 Å². The van der Waals surface area contributed by atoms with Gasteiger partial charge < -0.3 is 10.8 Å². The maximum atomic E-state index is 10.4. The van der Waals surface area contributed by atoms with Gasteiger partial charge in [0.2, 0.25) is 0 Å². The van der Waals surface area contributed by atoms with E-state index < -0.39 is 5.97 Å². The van der Waals surface area contributed by atoms with Crippen LogP contribution in [0.15, 0.2) is 23.1 Å². The Labute approximate surface area is 100 Å². The lowest BCUT2D eigenvalue weighted by molar-refractivity contribution is -0.137. The number of anilines is 1. The zero-order valence-corrected chi connectivity index (χ0v) is 10.4. The molecule has 3 N–H and O–H groups in total. The van der Waals surface area contributed by atoms with Crippen LogP contribution in [0.4, 0.5) is 5.69 Å². The topological polar surface area (TPSA) is 63.3 Å². The Balaban J connectivity index is 2.55. The fourth-order valence-electron chi connectivity index (χ4n) is 1.41. The zero-order chi connectivity index (χ0) is 12.1. The molecular weight excluding hydrogens is 222 g/mol. The van der Waals surface area contributed by atoms with E-state index in [1.54, 1.807) is 11.8 Å². The Morgan fingerprint density at radius 1 is 1.56 bits per heavy atom. The summed E-state index contributed by atoms with van der Waals surface area (Å²) in [5.74, 6) is -0.735. The summed E-state index contributed by atoms with van der Waals surface area (Å²) in [5.41, 5.74) is 7.58. The van der Waals surface area contributed by atoms with Crippen LogP contribution in [-0.2, 0) is 4.79 Å². The molecule has 0 amide bonds. The molecule has 16 heavy (non-hydrogen) atoms. The quantitative estimate of drug-likeness (QED) is 0.612. The third-order valence-electron chi connectivity index (χ3n) is 2.29. The molecule has 1 rings (SSSR count). The fraction of sp³-hybridized carbons (Fsp3) is 0.417. The van der Waals surface area contributed by atoms with E-state index in [2.05, 4.69) is 0 Å². The first-order valence-electron chi connectivity index (χ1n) is 5.23. The van der Waals surface area contributed by atoms with Gasteiger partial charge in [0.25, 0.3) is 0 Å². The monoisotopic (exact) mass is 239 g/mol. The second kappa shape index (κ2) is 5.80. The molecule has 1 atom stereocenters. The SMILES string of the molecule is Cc1cc(N)ccc1SC(C)CCC(=O)O. The number of carboxylic acid groups (broad SMARTS) is 1. The molecule has 0 heterocycles. The average molecular weight is 239 g/mol. The van der Waals surface area contributed by atoms with E-state index in [1.807, 2.05) is 32.0 Å². The van der Waals surface area contributed by atoms with Gasteiger partial charge in [0.15, 0.2) is 0 Å². The van der Waals surface area contributed by atoms with Gasteiger partial charge in [0, 0.05) is 22.3 Å². The second-order valence-electron chi connectivity index (χ2n) is 3.89. The first-order valence-corrected chi connectivity index (χ1v) is 6.11. The number of benzene rings is 1. The average Bonchev–Trinajstić information content (AvgIpc) is 2.19. The number of aliphatic carboxylic acids is 1. The maximum absolute atomic E-state index is 10.4. The largest absolute Gasteiger partial charge is 0.481 e. The van der Waals surface area contributed by atoms with Crippen LogP contribution in [0.1, 0.15) is 25.3 Å². The van der Waals surface area contributed by atoms with E-state index >= 15 is 0 Å². The summed E-state index contributed by atoms with van der Waals surface area (Å²) in [4.78, 5) is 11.6. The van der Waals surface area contributed by atoms with Crippen molar-refractivity contribution in [3.8, 4) is 0 Å². The third-order valence-corrected chi connectivity index (χ3v) is 3.64. The van der Waals surface area contributed by atoms with Crippen molar-refractivity contribution in [3.63, 3.8) is 0 Å². The summed E-state index contributed by atoms with van der Waals surface area (Å²) in [7, 11) is 0. The van der Waals surface area contributed by atoms with E-state index in [0.717, 1.165) is 11.3 Å². The number of rotatable bonds is 5. The second-order valence-corrected chi connectivity index (χ2v) is 5.37. The number of nitrogen functional groups attached to an aromatic ring is 1. The number of carboxylic acids is 1. The standard InChI is InChI=1S/C12H17NO2S/c1-8-7-10(13)4-5-11(8)16-9(2)3-6-12(14)15/h4-5,7,9H,3,6,13H2,1-2H3,(H,14,15). The van der Waals surface area contributed by atoms with Crippen LogP contribution >= 0.6 is 11.8 Å². The molecule has 0 saturated carbocycles. The van der Waals surface area contributed by atoms with Crippen LogP contribution in [-0.4, -0.2) is 16.3 Å². The molecule has 0 aliphatic heterocycles. The van der Waals surface area contributed by atoms with E-state index in [4.69, 9.17) is 10.8 Å². The number of hydrogen-bond donors (Lipinski definition) is 2. The molecule has 0 saturated heterocycles. The highest BCUT2D eigenvalue weighted by Crippen LogP contribution is 2.29. The van der Waals surface area contributed by atoms with Crippen molar-refractivity contribution in [1.82, 2.24) is 0 Å². The van der Waals surface area contributed by atoms with Crippen LogP contribution in [0.5, 0.6) is 0 Å². The minimum atomic E-state index is -0.735. The lowest BCUT2D eigenvalue weighted by Crippen LogP contribution is -2.02. The molecule has 0 bridgehead atoms. The fourth-order valence-corrected chi connectivity index (χ4v) is 2.47. The van der Waals surface area contributed by atoms with Gasteiger partial charge in [-0.25, -0.2) is 0 Å². The summed E-state index contributed by atoms with van der Waals surface area (Å²) in [5, 5.41) is 8.90. The Bertz CT molecular complexity index is 379. The summed E-state index contributed by atoms with van der Waals surface area (Å²) in [6, 6.07) is 5.80. The summed E-state index contributed by atoms with van der Waals surface area (Å²) < 4.78 is 0. The first-order chi connectivity index (χ1) is 7.49. The maximum Gasteiger partial charge on any atom is 0.303 e. The first kappa shape index (κ1) is 12.9. The van der Waals surface area contributed by atoms with Gasteiger partial charge in [0.1, 0.15) is 0 Å². The molecule has 0 aliphatic rings. The van der Waals surface area contributed by atoms with Gasteiger partial charge in [0.05, 0.1) is 0 Å². The molecule has 0 aromatic heterocycles. The Hall–Kier alpha value is -1.16. The zero-order valence-electron chi connectivity index (χ0n) is 9.56. The predicted molar refractivity (Wildman–Crippen MR) is 67.8 cm³/mol. The Morgan fingerprint density at radius 3 is 2.81 bits per heavy atom. The minimum absolute atomic E-state index is 0.224. The molecule has 1 aromatic rings. The van der Waals surface area contributed by atoms with Gasteiger partial charge in [-0.05, 0) is 37.1 Å². The predicted octanol–water partition coefficient (Wildman–Crippen LogP) is 2.92. The molecular formula is C12H17NO2S. The van der Waals surface area contributed by atoms with Crippen molar-refractivity contribution in [3.05, 3.63) is 23.8 Å². The molecule has 0 aliphatic carbocycles. The molecule has 0 fully saturated rings. The summed E-state index contributed by atoms with van der Waals surface area (Å²) in [6.45, 7) is 4.06. The number of carbonyl (C=O) groups is 1. The van der Waals surface area contributed by atoms with Crippen molar-refractivity contribution in [2.75, 3.05) is 5.73 Å². The molecule has 0 radical (unpaired) electrons. The van der Waals surface area contributed by atoms with E-state index in [-0.39, 0.29) is 6.42 Å². The van der Waals surface area contributed by atoms with Gasteiger partial charge in [-0.15, -0.1) is 11.8 Å². The lowest BCUT2D eigenvalue weighted by atomic mass is 10.2. The molecule has 88 valence electrons. The highest BCUT2D eigenvalue weighted by atomic mass is 32.2. The van der Waals surface area contributed by atoms with Crippen molar-refractivity contribution < 1.29 is 9.90 Å². The van der Waals surface area contributed by atoms with E-state index in [9.17, 15) is 4.79 Å². The van der Waals surface area contributed by atoms with E-state index in [0.29, 0.717) is 11.7 Å². The molecule has 3 nitrogen and oxygen atoms in total. The van der Waals surface area contributed by atoms with Gasteiger partial charge in [-0.2, -0.15) is 0 Å². The Kier molecular flexibility index (Phi) is 4.68. The van der Waals surface area contributed by atoms with Gasteiger partial charge >= 0.3 is 5.97 Å². The molecule has 1 unspecified atom stereocenters. The molecule has 4 heteroatoms. The van der Waals surface area contributed by atoms with Crippen molar-refractivity contribution in [2.45, 2.75) is 36.8 Å².